The van der Waals surface area contributed by atoms with Crippen molar-refractivity contribution in [2.24, 2.45) is 0 Å². The van der Waals surface area contributed by atoms with Gasteiger partial charge in [-0.15, -0.1) is 0 Å². The van der Waals surface area contributed by atoms with Crippen molar-refractivity contribution in [1.29, 1.82) is 0 Å². The summed E-state index contributed by atoms with van der Waals surface area (Å²) in [5, 5.41) is 0. The van der Waals surface area contributed by atoms with E-state index in [4.69, 9.17) is 0 Å². The predicted molar refractivity (Wildman–Crippen MR) is 64.6 cm³/mol. The van der Waals surface area contributed by atoms with Crippen molar-refractivity contribution < 1.29 is 4.79 Å². The molecule has 1 aromatic rings. The molecule has 1 saturated heterocycles. The number of pyridine rings is 1. The summed E-state index contributed by atoms with van der Waals surface area (Å²) in [6.45, 7) is 4.91. The molecule has 0 N–H and O–H groups in total. The van der Waals surface area contributed by atoms with E-state index >= 15 is 0 Å². The van der Waals surface area contributed by atoms with Gasteiger partial charge in [0.25, 0.3) is 0 Å². The molecule has 0 saturated carbocycles. The van der Waals surface area contributed by atoms with Gasteiger partial charge in [-0.25, -0.2) is 4.98 Å². The third kappa shape index (κ3) is 2.08. The molecule has 0 aromatic carbocycles. The van der Waals surface area contributed by atoms with E-state index < -0.39 is 0 Å². The Labute approximate surface area is 96.5 Å². The van der Waals surface area contributed by atoms with Gasteiger partial charge in [0, 0.05) is 19.2 Å². The first-order chi connectivity index (χ1) is 7.72. The molecule has 16 heavy (non-hydrogen) atoms. The van der Waals surface area contributed by atoms with E-state index in [2.05, 4.69) is 9.88 Å². The second kappa shape index (κ2) is 4.64. The van der Waals surface area contributed by atoms with E-state index in [9.17, 15) is 4.79 Å². The first-order valence-electron chi connectivity index (χ1n) is 5.94. The highest BCUT2D eigenvalue weighted by atomic mass is 16.1. The minimum atomic E-state index is 0.0557. The molecule has 2 heterocycles. The molecule has 0 bridgehead atoms. The van der Waals surface area contributed by atoms with Crippen molar-refractivity contribution in [2.75, 3.05) is 11.4 Å². The standard InChI is InChI=1S/C13H18N2O/c1-3-12(16)11-5-4-8-15(11)13-7-6-10(2)9-14-13/h6-7,9,11H,3-5,8H2,1-2H3. The lowest BCUT2D eigenvalue weighted by molar-refractivity contribution is -0.119. The van der Waals surface area contributed by atoms with Crippen molar-refractivity contribution >= 4 is 11.6 Å². The highest BCUT2D eigenvalue weighted by Gasteiger charge is 2.30. The zero-order valence-corrected chi connectivity index (χ0v) is 9.94. The molecule has 1 aliphatic heterocycles. The number of rotatable bonds is 3. The third-order valence-corrected chi connectivity index (χ3v) is 3.16. The van der Waals surface area contributed by atoms with Crippen LogP contribution in [0.2, 0.25) is 0 Å². The first kappa shape index (κ1) is 11.1. The molecule has 0 spiro atoms. The van der Waals surface area contributed by atoms with Gasteiger partial charge in [-0.2, -0.15) is 0 Å². The number of aromatic nitrogens is 1. The second-order valence-corrected chi connectivity index (χ2v) is 4.37. The summed E-state index contributed by atoms with van der Waals surface area (Å²) in [5.41, 5.74) is 1.15. The van der Waals surface area contributed by atoms with Crippen LogP contribution in [-0.2, 0) is 4.79 Å². The SMILES string of the molecule is CCC(=O)C1CCCN1c1ccc(C)cn1. The van der Waals surface area contributed by atoms with Gasteiger partial charge in [0.2, 0.25) is 0 Å². The average molecular weight is 218 g/mol. The Bertz CT molecular complexity index is 372. The number of carbonyl (C=O) groups is 1. The van der Waals surface area contributed by atoms with Gasteiger partial charge in [0.15, 0.2) is 5.78 Å². The normalized spacial score (nSPS) is 20.1. The molecule has 1 aromatic heterocycles. The lowest BCUT2D eigenvalue weighted by Crippen LogP contribution is -2.36. The monoisotopic (exact) mass is 218 g/mol. The molecule has 3 heteroatoms. The van der Waals surface area contributed by atoms with E-state index in [0.717, 1.165) is 30.8 Å². The van der Waals surface area contributed by atoms with Crippen LogP contribution in [0.15, 0.2) is 18.3 Å². The Morgan fingerprint density at radius 2 is 2.38 bits per heavy atom. The topological polar surface area (TPSA) is 33.2 Å². The summed E-state index contributed by atoms with van der Waals surface area (Å²) in [6, 6.07) is 4.12. The predicted octanol–water partition coefficient (Wildman–Crippen LogP) is 2.34. The van der Waals surface area contributed by atoms with Crippen LogP contribution >= 0.6 is 0 Å². The van der Waals surface area contributed by atoms with Gasteiger partial charge in [-0.05, 0) is 31.4 Å². The highest BCUT2D eigenvalue weighted by Crippen LogP contribution is 2.24. The first-order valence-corrected chi connectivity index (χ1v) is 5.94. The maximum absolute atomic E-state index is 11.8. The highest BCUT2D eigenvalue weighted by molar-refractivity contribution is 5.87. The Kier molecular flexibility index (Phi) is 3.22. The molecule has 0 radical (unpaired) electrons. The van der Waals surface area contributed by atoms with Gasteiger partial charge in [-0.1, -0.05) is 13.0 Å². The van der Waals surface area contributed by atoms with E-state index in [1.54, 1.807) is 0 Å². The van der Waals surface area contributed by atoms with Crippen LogP contribution in [-0.4, -0.2) is 23.4 Å². The van der Waals surface area contributed by atoms with Gasteiger partial charge in [0.1, 0.15) is 5.82 Å². The van der Waals surface area contributed by atoms with Crippen molar-refractivity contribution in [3.63, 3.8) is 0 Å². The average Bonchev–Trinajstić information content (AvgIpc) is 2.78. The molecular weight excluding hydrogens is 200 g/mol. The summed E-state index contributed by atoms with van der Waals surface area (Å²) in [4.78, 5) is 18.3. The van der Waals surface area contributed by atoms with Crippen LogP contribution in [0, 0.1) is 6.92 Å². The van der Waals surface area contributed by atoms with Crippen LogP contribution in [0.3, 0.4) is 0 Å². The minimum absolute atomic E-state index is 0.0557. The summed E-state index contributed by atoms with van der Waals surface area (Å²) in [5.74, 6) is 1.27. The Balaban J connectivity index is 2.19. The van der Waals surface area contributed by atoms with Crippen molar-refractivity contribution in [3.05, 3.63) is 23.9 Å². The van der Waals surface area contributed by atoms with E-state index in [-0.39, 0.29) is 6.04 Å². The number of nitrogens with zero attached hydrogens (tertiary/aromatic N) is 2. The number of anilines is 1. The number of carbonyl (C=O) groups excluding carboxylic acids is 1. The van der Waals surface area contributed by atoms with Crippen LogP contribution in [0.4, 0.5) is 5.82 Å². The lowest BCUT2D eigenvalue weighted by Gasteiger charge is -2.24. The fraction of sp³-hybridized carbons (Fsp3) is 0.538. The Morgan fingerprint density at radius 1 is 1.56 bits per heavy atom. The molecule has 1 unspecified atom stereocenters. The zero-order chi connectivity index (χ0) is 11.5. The number of hydrogen-bond donors (Lipinski definition) is 0. The number of Topliss-reactive ketones (excluding diaryl/α,β-unsaturated/α-hetero) is 1. The lowest BCUT2D eigenvalue weighted by atomic mass is 10.1. The fourth-order valence-corrected chi connectivity index (χ4v) is 2.24. The van der Waals surface area contributed by atoms with Gasteiger partial charge < -0.3 is 4.90 Å². The maximum Gasteiger partial charge on any atom is 0.155 e. The molecule has 3 nitrogen and oxygen atoms in total. The molecule has 0 amide bonds. The van der Waals surface area contributed by atoms with Crippen molar-refractivity contribution in [1.82, 2.24) is 4.98 Å². The van der Waals surface area contributed by atoms with Crippen molar-refractivity contribution in [3.8, 4) is 0 Å². The van der Waals surface area contributed by atoms with Gasteiger partial charge in [-0.3, -0.25) is 4.79 Å². The maximum atomic E-state index is 11.8. The molecule has 1 fully saturated rings. The second-order valence-electron chi connectivity index (χ2n) is 4.37. The summed E-state index contributed by atoms with van der Waals surface area (Å²) in [6.07, 6.45) is 4.54. The number of hydrogen-bond acceptors (Lipinski definition) is 3. The van der Waals surface area contributed by atoms with E-state index in [1.807, 2.05) is 32.2 Å². The van der Waals surface area contributed by atoms with Crippen LogP contribution in [0.25, 0.3) is 0 Å². The molecule has 1 atom stereocenters. The fourth-order valence-electron chi connectivity index (χ4n) is 2.24. The van der Waals surface area contributed by atoms with Gasteiger partial charge >= 0.3 is 0 Å². The molecular formula is C13H18N2O. The quantitative estimate of drug-likeness (QED) is 0.780. The molecule has 0 aliphatic carbocycles. The molecule has 1 aliphatic rings. The zero-order valence-electron chi connectivity index (χ0n) is 9.94. The smallest absolute Gasteiger partial charge is 0.155 e. The molecule has 86 valence electrons. The molecule has 2 rings (SSSR count). The summed E-state index contributed by atoms with van der Waals surface area (Å²) >= 11 is 0. The Hall–Kier alpha value is -1.38. The van der Waals surface area contributed by atoms with E-state index in [0.29, 0.717) is 12.2 Å². The minimum Gasteiger partial charge on any atom is -0.347 e. The summed E-state index contributed by atoms with van der Waals surface area (Å²) in [7, 11) is 0. The van der Waals surface area contributed by atoms with Crippen LogP contribution in [0.5, 0.6) is 0 Å². The number of aryl methyl sites for hydroxylation is 1. The van der Waals surface area contributed by atoms with Crippen molar-refractivity contribution in [2.45, 2.75) is 39.2 Å². The largest absolute Gasteiger partial charge is 0.347 e. The summed E-state index contributed by atoms with van der Waals surface area (Å²) < 4.78 is 0. The van der Waals surface area contributed by atoms with E-state index in [1.165, 1.54) is 0 Å². The van der Waals surface area contributed by atoms with Crippen LogP contribution in [0.1, 0.15) is 31.7 Å². The Morgan fingerprint density at radius 3 is 3.00 bits per heavy atom. The van der Waals surface area contributed by atoms with Gasteiger partial charge in [0.05, 0.1) is 6.04 Å². The third-order valence-electron chi connectivity index (χ3n) is 3.16. The number of ketones is 1. The van der Waals surface area contributed by atoms with Crippen LogP contribution < -0.4 is 4.90 Å².